The Morgan fingerprint density at radius 3 is 2.63 bits per heavy atom. The average molecular weight is 389 g/mol. The van der Waals surface area contributed by atoms with Crippen molar-refractivity contribution in [3.05, 3.63) is 47.5 Å². The molecule has 1 heterocycles. The minimum absolute atomic E-state index is 0.0895. The van der Waals surface area contributed by atoms with Crippen LogP contribution in [0.5, 0.6) is 23.0 Å². The summed E-state index contributed by atoms with van der Waals surface area (Å²) in [5.41, 5.74) is 1.76. The number of hydrogen-bond acceptors (Lipinski definition) is 6. The zero-order chi connectivity index (χ0) is 19.4. The molecule has 144 valence electrons. The Hall–Kier alpha value is -2.54. The van der Waals surface area contributed by atoms with E-state index in [1.54, 1.807) is 32.0 Å². The Kier molecular flexibility index (Phi) is 6.01. The number of phenolic OH excluding ortho intramolecular Hbond substituents is 2. The molecule has 6 nitrogen and oxygen atoms in total. The lowest BCUT2D eigenvalue weighted by Gasteiger charge is -2.36. The quantitative estimate of drug-likeness (QED) is 0.738. The van der Waals surface area contributed by atoms with Crippen molar-refractivity contribution in [2.24, 2.45) is 0 Å². The molecule has 0 aliphatic carbocycles. The van der Waals surface area contributed by atoms with Gasteiger partial charge in [-0.15, -0.1) is 11.8 Å². The Labute approximate surface area is 162 Å². The van der Waals surface area contributed by atoms with Crippen LogP contribution in [-0.4, -0.2) is 47.5 Å². The van der Waals surface area contributed by atoms with Gasteiger partial charge in [-0.3, -0.25) is 4.79 Å². The van der Waals surface area contributed by atoms with Gasteiger partial charge in [0.2, 0.25) is 5.91 Å². The minimum atomic E-state index is -0.165. The number of amides is 1. The lowest BCUT2D eigenvalue weighted by atomic mass is 10.1. The third-order valence-corrected chi connectivity index (χ3v) is 5.84. The summed E-state index contributed by atoms with van der Waals surface area (Å²) < 4.78 is 10.8. The van der Waals surface area contributed by atoms with Crippen LogP contribution in [0.3, 0.4) is 0 Å². The number of carbonyl (C=O) groups excluding carboxylic acids is 1. The maximum atomic E-state index is 12.6. The molecule has 1 fully saturated rings. The topological polar surface area (TPSA) is 79.2 Å². The third-order valence-electron chi connectivity index (χ3n) is 4.58. The van der Waals surface area contributed by atoms with E-state index in [1.165, 1.54) is 12.1 Å². The van der Waals surface area contributed by atoms with Gasteiger partial charge in [0.05, 0.1) is 14.2 Å². The molecule has 2 aromatic rings. The Balaban J connectivity index is 1.85. The number of benzene rings is 2. The van der Waals surface area contributed by atoms with E-state index in [2.05, 4.69) is 0 Å². The smallest absolute Gasteiger partial charge is 0.224 e. The maximum absolute atomic E-state index is 12.6. The van der Waals surface area contributed by atoms with Crippen LogP contribution in [0, 0.1) is 0 Å². The van der Waals surface area contributed by atoms with Gasteiger partial charge in [-0.1, -0.05) is 6.07 Å². The molecule has 2 N–H and O–H groups in total. The molecule has 7 heteroatoms. The summed E-state index contributed by atoms with van der Waals surface area (Å²) in [6.45, 7) is 0.501. The summed E-state index contributed by atoms with van der Waals surface area (Å²) in [6, 6.07) is 10.3. The van der Waals surface area contributed by atoms with Crippen molar-refractivity contribution < 1.29 is 24.5 Å². The molecule has 1 saturated heterocycles. The largest absolute Gasteiger partial charge is 0.504 e. The third kappa shape index (κ3) is 4.24. The summed E-state index contributed by atoms with van der Waals surface area (Å²) in [4.78, 5) is 14.5. The SMILES string of the molecule is COc1ccc(OC)c(C2SCCC(=O)N2CCc2ccc(O)c(O)c2)c1. The van der Waals surface area contributed by atoms with E-state index in [1.807, 2.05) is 23.1 Å². The first-order valence-electron chi connectivity index (χ1n) is 8.67. The van der Waals surface area contributed by atoms with Gasteiger partial charge in [-0.2, -0.15) is 0 Å². The summed E-state index contributed by atoms with van der Waals surface area (Å²) in [7, 11) is 3.23. The molecule has 1 atom stereocenters. The van der Waals surface area contributed by atoms with Gasteiger partial charge < -0.3 is 24.6 Å². The maximum Gasteiger partial charge on any atom is 0.224 e. The monoisotopic (exact) mass is 389 g/mol. The summed E-state index contributed by atoms with van der Waals surface area (Å²) >= 11 is 1.70. The van der Waals surface area contributed by atoms with E-state index in [0.717, 1.165) is 22.6 Å². The highest BCUT2D eigenvalue weighted by atomic mass is 32.2. The number of rotatable bonds is 6. The molecule has 1 aliphatic rings. The fraction of sp³-hybridized carbons (Fsp3) is 0.350. The van der Waals surface area contributed by atoms with Crippen molar-refractivity contribution in [3.63, 3.8) is 0 Å². The normalized spacial score (nSPS) is 17.0. The Bertz CT molecular complexity index is 826. The predicted octanol–water partition coefficient (Wildman–Crippen LogP) is 3.32. The number of carbonyl (C=O) groups is 1. The molecule has 0 bridgehead atoms. The van der Waals surface area contributed by atoms with Gasteiger partial charge in [0.25, 0.3) is 0 Å². The second kappa shape index (κ2) is 8.43. The van der Waals surface area contributed by atoms with Crippen molar-refractivity contribution in [1.82, 2.24) is 4.90 Å². The number of thioether (sulfide) groups is 1. The second-order valence-electron chi connectivity index (χ2n) is 6.24. The second-order valence-corrected chi connectivity index (χ2v) is 7.43. The fourth-order valence-corrected chi connectivity index (χ4v) is 4.41. The zero-order valence-corrected chi connectivity index (χ0v) is 16.2. The standard InChI is InChI=1S/C20H23NO5S/c1-25-14-4-6-18(26-2)15(12-14)20-21(19(24)8-10-27-20)9-7-13-3-5-16(22)17(23)11-13/h3-6,11-12,20,22-23H,7-10H2,1-2H3. The lowest BCUT2D eigenvalue weighted by Crippen LogP contribution is -2.38. The molecule has 3 rings (SSSR count). The first kappa shape index (κ1) is 19.2. The molecule has 1 unspecified atom stereocenters. The Morgan fingerprint density at radius 1 is 1.11 bits per heavy atom. The van der Waals surface area contributed by atoms with Gasteiger partial charge in [-0.05, 0) is 42.3 Å². The van der Waals surface area contributed by atoms with E-state index >= 15 is 0 Å². The van der Waals surface area contributed by atoms with Crippen molar-refractivity contribution >= 4 is 17.7 Å². The Morgan fingerprint density at radius 2 is 1.93 bits per heavy atom. The first-order chi connectivity index (χ1) is 13.0. The zero-order valence-electron chi connectivity index (χ0n) is 15.3. The van der Waals surface area contributed by atoms with Crippen LogP contribution in [0.25, 0.3) is 0 Å². The van der Waals surface area contributed by atoms with Crippen LogP contribution in [0.2, 0.25) is 0 Å². The first-order valence-corrected chi connectivity index (χ1v) is 9.72. The highest BCUT2D eigenvalue weighted by molar-refractivity contribution is 7.99. The number of hydrogen-bond donors (Lipinski definition) is 2. The van der Waals surface area contributed by atoms with Gasteiger partial charge >= 0.3 is 0 Å². The van der Waals surface area contributed by atoms with Crippen LogP contribution in [0.15, 0.2) is 36.4 Å². The lowest BCUT2D eigenvalue weighted by molar-refractivity contribution is -0.132. The van der Waals surface area contributed by atoms with E-state index in [-0.39, 0.29) is 22.8 Å². The van der Waals surface area contributed by atoms with Gasteiger partial charge in [0.1, 0.15) is 16.9 Å². The molecule has 0 saturated carbocycles. The minimum Gasteiger partial charge on any atom is -0.504 e. The van der Waals surface area contributed by atoms with Crippen molar-refractivity contribution in [2.45, 2.75) is 18.2 Å². The molecule has 0 aromatic heterocycles. The van der Waals surface area contributed by atoms with Gasteiger partial charge in [-0.25, -0.2) is 0 Å². The number of phenols is 2. The van der Waals surface area contributed by atoms with Gasteiger partial charge in [0, 0.05) is 24.3 Å². The molecular formula is C20H23NO5S. The van der Waals surface area contributed by atoms with E-state index in [4.69, 9.17) is 9.47 Å². The molecule has 1 amide bonds. The molecule has 1 aliphatic heterocycles. The number of ether oxygens (including phenoxy) is 2. The van der Waals surface area contributed by atoms with Crippen LogP contribution >= 0.6 is 11.8 Å². The molecular weight excluding hydrogens is 366 g/mol. The highest BCUT2D eigenvalue weighted by Gasteiger charge is 2.31. The van der Waals surface area contributed by atoms with E-state index < -0.39 is 0 Å². The van der Waals surface area contributed by atoms with E-state index in [9.17, 15) is 15.0 Å². The van der Waals surface area contributed by atoms with Crippen molar-refractivity contribution in [3.8, 4) is 23.0 Å². The van der Waals surface area contributed by atoms with Crippen LogP contribution in [-0.2, 0) is 11.2 Å². The van der Waals surface area contributed by atoms with Crippen LogP contribution in [0.4, 0.5) is 0 Å². The van der Waals surface area contributed by atoms with Crippen molar-refractivity contribution in [2.75, 3.05) is 26.5 Å². The van der Waals surface area contributed by atoms with Crippen LogP contribution < -0.4 is 9.47 Å². The summed E-state index contributed by atoms with van der Waals surface area (Å²) in [5, 5.41) is 19.0. The van der Waals surface area contributed by atoms with Crippen LogP contribution in [0.1, 0.15) is 22.9 Å². The molecule has 0 radical (unpaired) electrons. The fourth-order valence-electron chi connectivity index (χ4n) is 3.13. The summed E-state index contributed by atoms with van der Waals surface area (Å²) in [5.74, 6) is 1.97. The number of methoxy groups -OCH3 is 2. The molecule has 27 heavy (non-hydrogen) atoms. The molecule has 2 aromatic carbocycles. The average Bonchev–Trinajstić information content (AvgIpc) is 2.69. The van der Waals surface area contributed by atoms with Crippen molar-refractivity contribution in [1.29, 1.82) is 0 Å². The highest BCUT2D eigenvalue weighted by Crippen LogP contribution is 2.42. The van der Waals surface area contributed by atoms with Gasteiger partial charge in [0.15, 0.2) is 11.5 Å². The summed E-state index contributed by atoms with van der Waals surface area (Å²) in [6.07, 6.45) is 1.07. The number of nitrogens with zero attached hydrogens (tertiary/aromatic N) is 1. The predicted molar refractivity (Wildman–Crippen MR) is 105 cm³/mol. The van der Waals surface area contributed by atoms with E-state index in [0.29, 0.717) is 25.1 Å². The molecule has 0 spiro atoms. The number of aromatic hydroxyl groups is 2.